The highest BCUT2D eigenvalue weighted by Gasteiger charge is 2.44. The average molecular weight is 605 g/mol. The molecule has 2 aliphatic heterocycles. The lowest BCUT2D eigenvalue weighted by molar-refractivity contribution is -0.128. The fourth-order valence-corrected chi connectivity index (χ4v) is 7.31. The Morgan fingerprint density at radius 2 is 1.80 bits per heavy atom. The van der Waals surface area contributed by atoms with Gasteiger partial charge in [-0.3, -0.25) is 4.79 Å². The number of carbonyl (C=O) groups excluding carboxylic acids is 1. The van der Waals surface area contributed by atoms with E-state index in [1.54, 1.807) is 0 Å². The van der Waals surface area contributed by atoms with Crippen LogP contribution in [0.1, 0.15) is 61.0 Å². The van der Waals surface area contributed by atoms with E-state index in [4.69, 9.17) is 14.7 Å². The molecule has 4 aromatic rings. The van der Waals surface area contributed by atoms with Gasteiger partial charge in [-0.25, -0.2) is 0 Å². The molecular weight excluding hydrogens is 560 g/mol. The second-order valence-electron chi connectivity index (χ2n) is 13.3. The quantitative estimate of drug-likeness (QED) is 0.218. The van der Waals surface area contributed by atoms with E-state index in [1.807, 2.05) is 23.1 Å². The molecule has 1 aliphatic carbocycles. The summed E-state index contributed by atoms with van der Waals surface area (Å²) >= 11 is 0. The highest BCUT2D eigenvalue weighted by molar-refractivity contribution is 5.97. The maximum Gasteiger partial charge on any atom is 0.318 e. The molecule has 234 valence electrons. The van der Waals surface area contributed by atoms with E-state index in [9.17, 15) is 4.79 Å². The van der Waals surface area contributed by atoms with E-state index in [1.165, 1.54) is 27.6 Å². The Balaban J connectivity index is 1.18. The number of hydrogen-bond acceptors (Lipinski definition) is 7. The minimum absolute atomic E-state index is 0.0648. The van der Waals surface area contributed by atoms with E-state index in [0.717, 1.165) is 62.3 Å². The third-order valence-electron chi connectivity index (χ3n) is 9.78. The van der Waals surface area contributed by atoms with Gasteiger partial charge in [0.05, 0.1) is 31.6 Å². The van der Waals surface area contributed by atoms with Gasteiger partial charge in [-0.2, -0.15) is 9.97 Å². The molecule has 8 nitrogen and oxygen atoms in total. The maximum atomic E-state index is 13.0. The number of nitrogens with zero attached hydrogens (tertiary/aromatic N) is 5. The lowest BCUT2D eigenvalue weighted by Crippen LogP contribution is -2.35. The summed E-state index contributed by atoms with van der Waals surface area (Å²) in [6.07, 6.45) is 5.51. The Labute approximate surface area is 266 Å². The molecule has 1 unspecified atom stereocenters. The summed E-state index contributed by atoms with van der Waals surface area (Å²) in [5.74, 6) is 0.953. The first-order valence-electron chi connectivity index (χ1n) is 16.4. The van der Waals surface area contributed by atoms with Crippen molar-refractivity contribution in [3.8, 4) is 6.01 Å². The fraction of sp³-hybridized carbons (Fsp3) is 0.432. The number of rotatable bonds is 11. The summed E-state index contributed by atoms with van der Waals surface area (Å²) < 4.78 is 6.38. The zero-order valence-corrected chi connectivity index (χ0v) is 26.8. The Morgan fingerprint density at radius 3 is 2.56 bits per heavy atom. The number of nitrogens with one attached hydrogen (secondary N) is 1. The van der Waals surface area contributed by atoms with E-state index in [2.05, 4.69) is 84.7 Å². The molecule has 3 heterocycles. The molecule has 3 aromatic carbocycles. The van der Waals surface area contributed by atoms with Crippen LogP contribution >= 0.6 is 0 Å². The molecule has 0 spiro atoms. The lowest BCUT2D eigenvalue weighted by atomic mass is 9.98. The first-order valence-corrected chi connectivity index (χ1v) is 16.4. The van der Waals surface area contributed by atoms with Gasteiger partial charge in [0.25, 0.3) is 0 Å². The van der Waals surface area contributed by atoms with Crippen molar-refractivity contribution in [1.82, 2.24) is 19.8 Å². The number of likely N-dealkylation sites (tertiary alicyclic amines) is 1. The molecule has 0 radical (unpaired) electrons. The van der Waals surface area contributed by atoms with Crippen LogP contribution < -0.4 is 15.0 Å². The van der Waals surface area contributed by atoms with Crippen molar-refractivity contribution >= 4 is 28.2 Å². The van der Waals surface area contributed by atoms with Gasteiger partial charge in [-0.1, -0.05) is 67.6 Å². The van der Waals surface area contributed by atoms with Gasteiger partial charge >= 0.3 is 6.01 Å². The van der Waals surface area contributed by atoms with Crippen molar-refractivity contribution in [3.05, 3.63) is 89.1 Å². The van der Waals surface area contributed by atoms with E-state index in [0.29, 0.717) is 32.3 Å². The van der Waals surface area contributed by atoms with Crippen LogP contribution in [0.5, 0.6) is 6.01 Å². The monoisotopic (exact) mass is 604 g/mol. The minimum Gasteiger partial charge on any atom is -0.463 e. The topological polar surface area (TPSA) is 73.8 Å². The molecule has 3 aliphatic rings. The third kappa shape index (κ3) is 6.08. The molecule has 1 aromatic heterocycles. The predicted octanol–water partition coefficient (Wildman–Crippen LogP) is 6.21. The first-order chi connectivity index (χ1) is 21.9. The molecule has 45 heavy (non-hydrogen) atoms. The van der Waals surface area contributed by atoms with Crippen LogP contribution in [0.4, 0.5) is 11.5 Å². The van der Waals surface area contributed by atoms with Crippen LogP contribution in [0, 0.1) is 5.41 Å². The SMILES string of the molecule is CCc1cccc2cccc(N3CCc4c(nc(OCC5(CN(C)C)CC5)nc4NCN4C(=O)CCC4c4ccccc4)C3)c12. The van der Waals surface area contributed by atoms with Crippen molar-refractivity contribution in [2.24, 2.45) is 5.41 Å². The number of fused-ring (bicyclic) bond motifs is 2. The van der Waals surface area contributed by atoms with Crippen molar-refractivity contribution in [1.29, 1.82) is 0 Å². The average Bonchev–Trinajstić information content (AvgIpc) is 3.72. The Hall–Kier alpha value is -4.17. The van der Waals surface area contributed by atoms with Gasteiger partial charge in [0, 0.05) is 41.6 Å². The molecule has 2 fully saturated rings. The molecule has 1 saturated heterocycles. The molecule has 1 saturated carbocycles. The number of ether oxygens (including phenoxy) is 1. The van der Waals surface area contributed by atoms with Crippen LogP contribution in [-0.2, 0) is 24.2 Å². The van der Waals surface area contributed by atoms with Crippen molar-refractivity contribution in [2.75, 3.05) is 50.7 Å². The summed E-state index contributed by atoms with van der Waals surface area (Å²) in [5.41, 5.74) is 6.07. The van der Waals surface area contributed by atoms with Gasteiger partial charge in [0.15, 0.2) is 0 Å². The molecule has 0 bridgehead atoms. The summed E-state index contributed by atoms with van der Waals surface area (Å²) in [5, 5.41) is 6.18. The number of carbonyl (C=O) groups is 1. The zero-order chi connectivity index (χ0) is 31.0. The molecule has 1 N–H and O–H groups in total. The van der Waals surface area contributed by atoms with Gasteiger partial charge in [0.2, 0.25) is 5.91 Å². The van der Waals surface area contributed by atoms with Gasteiger partial charge in [-0.15, -0.1) is 0 Å². The Bertz CT molecular complexity index is 1680. The van der Waals surface area contributed by atoms with Gasteiger partial charge in [-0.05, 0) is 68.8 Å². The predicted molar refractivity (Wildman–Crippen MR) is 180 cm³/mol. The van der Waals surface area contributed by atoms with Crippen molar-refractivity contribution in [2.45, 2.75) is 58.0 Å². The van der Waals surface area contributed by atoms with Gasteiger partial charge < -0.3 is 24.8 Å². The molecule has 7 rings (SSSR count). The van der Waals surface area contributed by atoms with Crippen LogP contribution in [0.25, 0.3) is 10.8 Å². The third-order valence-corrected chi connectivity index (χ3v) is 9.78. The normalized spacial score (nSPS) is 18.8. The van der Waals surface area contributed by atoms with Gasteiger partial charge in [0.1, 0.15) is 5.82 Å². The Morgan fingerprint density at radius 1 is 1.00 bits per heavy atom. The summed E-state index contributed by atoms with van der Waals surface area (Å²) in [6.45, 7) is 5.77. The minimum atomic E-state index is 0.0648. The van der Waals surface area contributed by atoms with E-state index in [-0.39, 0.29) is 17.4 Å². The fourth-order valence-electron chi connectivity index (χ4n) is 7.31. The number of amides is 1. The second kappa shape index (κ2) is 12.3. The van der Waals surface area contributed by atoms with E-state index < -0.39 is 0 Å². The smallest absolute Gasteiger partial charge is 0.318 e. The number of aromatic nitrogens is 2. The maximum absolute atomic E-state index is 13.0. The molecule has 1 atom stereocenters. The van der Waals surface area contributed by atoms with Crippen LogP contribution in [-0.4, -0.2) is 66.1 Å². The number of aryl methyl sites for hydroxylation is 1. The Kier molecular flexibility index (Phi) is 8.08. The highest BCUT2D eigenvalue weighted by Crippen LogP contribution is 2.46. The van der Waals surface area contributed by atoms with Crippen molar-refractivity contribution in [3.63, 3.8) is 0 Å². The summed E-state index contributed by atoms with van der Waals surface area (Å²) in [7, 11) is 4.23. The largest absolute Gasteiger partial charge is 0.463 e. The van der Waals surface area contributed by atoms with Crippen LogP contribution in [0.3, 0.4) is 0 Å². The summed E-state index contributed by atoms with van der Waals surface area (Å²) in [6, 6.07) is 24.0. The second-order valence-corrected chi connectivity index (χ2v) is 13.3. The molecule has 1 amide bonds. The standard InChI is InChI=1S/C37H44N6O2/c1-4-26-12-8-13-28-14-9-15-32(34(26)28)42-21-18-29-30(22-42)39-36(45-24-37(19-20-37)23-41(2)3)40-35(29)38-25-43-31(16-17-33(43)44)27-10-6-5-7-11-27/h5-15,31H,4,16-25H2,1-3H3,(H,38,39,40). The first kappa shape index (κ1) is 29.5. The number of hydrogen-bond donors (Lipinski definition) is 1. The zero-order valence-electron chi connectivity index (χ0n) is 26.8. The molecule has 8 heteroatoms. The number of anilines is 2. The summed E-state index contributed by atoms with van der Waals surface area (Å²) in [4.78, 5) is 29.6. The lowest BCUT2D eigenvalue weighted by Gasteiger charge is -2.33. The number of benzene rings is 3. The highest BCUT2D eigenvalue weighted by atomic mass is 16.5. The van der Waals surface area contributed by atoms with Crippen LogP contribution in [0.2, 0.25) is 0 Å². The van der Waals surface area contributed by atoms with Crippen LogP contribution in [0.15, 0.2) is 66.7 Å². The van der Waals surface area contributed by atoms with E-state index >= 15 is 0 Å². The van der Waals surface area contributed by atoms with Crippen molar-refractivity contribution < 1.29 is 9.53 Å². The molecular formula is C37H44N6O2.